The average molecular weight is 1040 g/mol. The molecule has 67 heavy (non-hydrogen) atoms. The fourth-order valence-corrected chi connectivity index (χ4v) is 9.07. The van der Waals surface area contributed by atoms with Crippen LogP contribution in [0.1, 0.15) is 12.5 Å². The van der Waals surface area contributed by atoms with Crippen LogP contribution >= 0.6 is 23.2 Å². The Hall–Kier alpha value is -6.02. The van der Waals surface area contributed by atoms with Crippen LogP contribution in [0.5, 0.6) is 5.75 Å². The normalized spacial score (nSPS) is 12.4. The van der Waals surface area contributed by atoms with Crippen molar-refractivity contribution in [2.45, 2.75) is 23.6 Å². The topological polar surface area (TPSA) is 359 Å². The second kappa shape index (κ2) is 20.1. The first kappa shape index (κ1) is 50.4. The number of rotatable bonds is 19. The Bertz CT molecular complexity index is 3360. The van der Waals surface area contributed by atoms with Crippen LogP contribution in [-0.4, -0.2) is 121 Å². The summed E-state index contributed by atoms with van der Waals surface area (Å²) in [5.74, 6) is -2.43. The van der Waals surface area contributed by atoms with Gasteiger partial charge in [0.2, 0.25) is 34.4 Å². The number of sulfone groups is 1. The molecule has 25 nitrogen and oxygen atoms in total. The van der Waals surface area contributed by atoms with Crippen molar-refractivity contribution >= 4 is 127 Å². The van der Waals surface area contributed by atoms with Gasteiger partial charge in [0.25, 0.3) is 20.2 Å². The van der Waals surface area contributed by atoms with E-state index in [9.17, 15) is 47.9 Å². The van der Waals surface area contributed by atoms with Crippen LogP contribution in [0.25, 0.3) is 10.8 Å². The molecule has 6 rings (SSSR count). The SMILES string of the molecule is CCN(c1ccccc1)c1nc(Cl)nc(Nc2ccc(S(=O)(=O)O)c(N=Nc3c(C)cc4cc(S(=O)(=O)O)cc(Nc5nc(Cl)nc(N(C)CCS(=O)(=O)CCOS(=O)(=O)O)n5)c4c3O)c2)n1. The minimum Gasteiger partial charge on any atom is -0.505 e. The zero-order valence-corrected chi connectivity index (χ0v) is 39.5. The molecule has 0 aliphatic rings. The number of nitrogens with zero attached hydrogens (tertiary/aromatic N) is 10. The molecule has 2 heterocycles. The third-order valence-electron chi connectivity index (χ3n) is 9.17. The molecule has 356 valence electrons. The number of aromatic nitrogens is 6. The third-order valence-corrected chi connectivity index (χ3v) is 13.3. The van der Waals surface area contributed by atoms with E-state index in [1.54, 1.807) is 4.90 Å². The van der Waals surface area contributed by atoms with Crippen LogP contribution < -0.4 is 20.4 Å². The van der Waals surface area contributed by atoms with E-state index in [1.807, 2.05) is 37.3 Å². The number of phenolic OH excluding ortho intramolecular Hbond substituents is 1. The lowest BCUT2D eigenvalue weighted by Gasteiger charge is -2.21. The van der Waals surface area contributed by atoms with Crippen LogP contribution in [0.3, 0.4) is 0 Å². The lowest BCUT2D eigenvalue weighted by Crippen LogP contribution is -2.29. The van der Waals surface area contributed by atoms with E-state index in [2.05, 4.69) is 54.9 Å². The number of halogens is 2. The predicted octanol–water partition coefficient (Wildman–Crippen LogP) is 5.76. The molecule has 0 fully saturated rings. The fourth-order valence-electron chi connectivity index (χ4n) is 6.11. The van der Waals surface area contributed by atoms with Crippen molar-refractivity contribution in [2.75, 3.05) is 58.7 Å². The maximum absolute atomic E-state index is 12.5. The highest BCUT2D eigenvalue weighted by molar-refractivity contribution is 7.91. The van der Waals surface area contributed by atoms with Gasteiger partial charge in [0.05, 0.1) is 28.7 Å². The zero-order valence-electron chi connectivity index (χ0n) is 34.7. The Labute approximate surface area is 392 Å². The van der Waals surface area contributed by atoms with Gasteiger partial charge in [0.1, 0.15) is 16.3 Å². The van der Waals surface area contributed by atoms with Gasteiger partial charge >= 0.3 is 10.4 Å². The first-order valence-electron chi connectivity index (χ1n) is 18.8. The first-order chi connectivity index (χ1) is 31.3. The maximum atomic E-state index is 12.5. The van der Waals surface area contributed by atoms with Gasteiger partial charge in [0.15, 0.2) is 15.6 Å². The van der Waals surface area contributed by atoms with Crippen molar-refractivity contribution < 1.29 is 56.6 Å². The number of nitrogens with one attached hydrogen (secondary N) is 2. The molecule has 0 bridgehead atoms. The first-order valence-corrected chi connectivity index (χ1v) is 25.7. The van der Waals surface area contributed by atoms with Crippen LogP contribution in [0.2, 0.25) is 10.6 Å². The highest BCUT2D eigenvalue weighted by Gasteiger charge is 2.23. The van der Waals surface area contributed by atoms with E-state index in [-0.39, 0.29) is 69.0 Å². The molecular weight excluding hydrogens is 1010 g/mol. The number of fused-ring (bicyclic) bond motifs is 1. The van der Waals surface area contributed by atoms with Gasteiger partial charge < -0.3 is 25.5 Å². The molecule has 0 atom stereocenters. The van der Waals surface area contributed by atoms with Crippen LogP contribution in [0, 0.1) is 6.92 Å². The molecular formula is C36H36Cl2N12O13S4. The molecule has 0 unspecified atom stereocenters. The van der Waals surface area contributed by atoms with Gasteiger partial charge in [-0.15, -0.1) is 10.2 Å². The minimum absolute atomic E-state index is 0.0151. The average Bonchev–Trinajstić information content (AvgIpc) is 3.21. The second-order valence-electron chi connectivity index (χ2n) is 13.9. The van der Waals surface area contributed by atoms with Crippen LogP contribution in [-0.2, 0) is 44.7 Å². The van der Waals surface area contributed by atoms with E-state index < -0.39 is 85.1 Å². The minimum atomic E-state index is -4.93. The molecule has 2 aromatic heterocycles. The quantitative estimate of drug-likeness (QED) is 0.0415. The molecule has 0 aliphatic carbocycles. The molecule has 0 radical (unpaired) electrons. The van der Waals surface area contributed by atoms with Crippen molar-refractivity contribution in [3.63, 3.8) is 0 Å². The number of aryl methyl sites for hydroxylation is 1. The Morgan fingerprint density at radius 3 is 2.01 bits per heavy atom. The number of phenols is 1. The van der Waals surface area contributed by atoms with Gasteiger partial charge in [-0.25, -0.2) is 12.6 Å². The summed E-state index contributed by atoms with van der Waals surface area (Å²) >= 11 is 12.4. The summed E-state index contributed by atoms with van der Waals surface area (Å²) in [6.07, 6.45) is 0. The largest absolute Gasteiger partial charge is 0.505 e. The van der Waals surface area contributed by atoms with Crippen LogP contribution in [0.4, 0.5) is 52.2 Å². The molecule has 4 aromatic carbocycles. The monoisotopic (exact) mass is 1040 g/mol. The number of hydrogen-bond acceptors (Lipinski definition) is 22. The molecule has 0 saturated carbocycles. The standard InChI is InChI=1S/C36H36Cl2N12O13S4/c1-4-50(23-8-6-5-7-9-23)36-44-32(38)41-33(46-36)39-22-10-11-27(66(57,58)59)25(18-22)47-48-29-20(2)16-21-17-24(65(54,55)56)19-26(28(21)30(29)51)40-34-42-31(37)43-35(45-34)49(3)12-14-64(52,53)15-13-63-67(60,61)62/h5-11,16-19,51H,4,12-15H2,1-3H3,(H,54,55,56)(H,57,58,59)(H,60,61,62)(H,39,41,44,46)(H,40,42,43,45). The van der Waals surface area contributed by atoms with Gasteiger partial charge in [0, 0.05) is 36.9 Å². The molecule has 6 aromatic rings. The summed E-state index contributed by atoms with van der Waals surface area (Å²) in [4.78, 5) is 26.6. The molecule has 0 saturated heterocycles. The summed E-state index contributed by atoms with van der Waals surface area (Å²) in [6.45, 7) is 2.66. The number of azo groups is 1. The number of aromatic hydroxyl groups is 1. The Morgan fingerprint density at radius 1 is 0.746 bits per heavy atom. The van der Waals surface area contributed by atoms with Crippen molar-refractivity contribution in [1.82, 2.24) is 29.9 Å². The Kier molecular flexibility index (Phi) is 15.1. The van der Waals surface area contributed by atoms with Gasteiger partial charge in [-0.1, -0.05) is 18.2 Å². The smallest absolute Gasteiger partial charge is 0.397 e. The number of para-hydroxylation sites is 1. The Balaban J connectivity index is 1.35. The number of benzene rings is 4. The van der Waals surface area contributed by atoms with E-state index in [4.69, 9.17) is 27.8 Å². The third kappa shape index (κ3) is 13.1. The van der Waals surface area contributed by atoms with E-state index >= 15 is 0 Å². The van der Waals surface area contributed by atoms with E-state index in [0.717, 1.165) is 23.9 Å². The highest BCUT2D eigenvalue weighted by Crippen LogP contribution is 2.44. The summed E-state index contributed by atoms with van der Waals surface area (Å²) in [6, 6.07) is 16.0. The summed E-state index contributed by atoms with van der Waals surface area (Å²) in [5, 5.41) is 24.8. The number of anilines is 7. The zero-order chi connectivity index (χ0) is 49.1. The summed E-state index contributed by atoms with van der Waals surface area (Å²) in [5.41, 5.74) is 0.105. The highest BCUT2D eigenvalue weighted by atomic mass is 35.5. The fraction of sp³-hybridized carbons (Fsp3) is 0.222. The maximum Gasteiger partial charge on any atom is 0.397 e. The molecule has 31 heteroatoms. The Morgan fingerprint density at radius 2 is 1.39 bits per heavy atom. The molecule has 0 aliphatic heterocycles. The molecule has 0 spiro atoms. The van der Waals surface area contributed by atoms with Gasteiger partial charge in [-0.3, -0.25) is 13.7 Å². The van der Waals surface area contributed by atoms with Gasteiger partial charge in [-0.2, -0.15) is 55.2 Å². The van der Waals surface area contributed by atoms with Gasteiger partial charge in [-0.05, 0) is 96.5 Å². The van der Waals surface area contributed by atoms with E-state index in [1.165, 1.54) is 37.1 Å². The molecule has 0 amide bonds. The van der Waals surface area contributed by atoms with E-state index in [0.29, 0.717) is 6.54 Å². The summed E-state index contributed by atoms with van der Waals surface area (Å²) < 4.78 is 129. The second-order valence-corrected chi connectivity index (χ2v) is 20.8. The van der Waals surface area contributed by atoms with Crippen molar-refractivity contribution in [1.29, 1.82) is 0 Å². The number of hydrogen-bond donors (Lipinski definition) is 6. The predicted molar refractivity (Wildman–Crippen MR) is 245 cm³/mol. The molecule has 6 N–H and O–H groups in total. The van der Waals surface area contributed by atoms with Crippen molar-refractivity contribution in [2.24, 2.45) is 10.2 Å². The lowest BCUT2D eigenvalue weighted by molar-refractivity contribution is 0.284. The lowest BCUT2D eigenvalue weighted by atomic mass is 10.0. The summed E-state index contributed by atoms with van der Waals surface area (Å²) in [7, 11) is -17.3. The van der Waals surface area contributed by atoms with Crippen LogP contribution in [0.15, 0.2) is 86.7 Å². The van der Waals surface area contributed by atoms with Crippen molar-refractivity contribution in [3.05, 3.63) is 82.9 Å². The van der Waals surface area contributed by atoms with Crippen molar-refractivity contribution in [3.8, 4) is 5.75 Å².